The number of anilines is 1. The molecule has 1 aromatic heterocycles. The number of pyridine rings is 1. The number of halogens is 3. The molecule has 0 amide bonds. The minimum atomic E-state index is -4.61. The smallest absolute Gasteiger partial charge is 0.418 e. The molecule has 0 radical (unpaired) electrons. The summed E-state index contributed by atoms with van der Waals surface area (Å²) in [5.74, 6) is 1.60. The zero-order valence-electron chi connectivity index (χ0n) is 20.6. The number of nitrogens with zero attached hydrogens (tertiary/aromatic N) is 2. The molecule has 0 spiro atoms. The standard InChI is InChI=1S/C28H29F3N2O3/c1-17-9-10-32(15-17)19-7-8-25(28(29,30)31)26(13-19)33-16-24(22-5-4-6-23(22)27(33)34)18-11-20(35-2)14-21(12-18)36-3/h7-8,11-14,16-17H,4-6,9-10,15H2,1-3H3/t17-/m0/s1. The van der Waals surface area contributed by atoms with Crippen LogP contribution in [0.25, 0.3) is 16.8 Å². The first-order valence-corrected chi connectivity index (χ1v) is 12.2. The Kier molecular flexibility index (Phi) is 6.22. The summed E-state index contributed by atoms with van der Waals surface area (Å²) in [5, 5.41) is 0. The lowest BCUT2D eigenvalue weighted by Gasteiger charge is -2.23. The molecule has 2 heterocycles. The highest BCUT2D eigenvalue weighted by molar-refractivity contribution is 5.72. The largest absolute Gasteiger partial charge is 0.497 e. The second-order valence-corrected chi connectivity index (χ2v) is 9.67. The molecule has 0 saturated carbocycles. The van der Waals surface area contributed by atoms with Crippen molar-refractivity contribution in [3.05, 3.63) is 69.6 Å². The van der Waals surface area contributed by atoms with Crippen LogP contribution in [0.2, 0.25) is 0 Å². The summed E-state index contributed by atoms with van der Waals surface area (Å²) in [6.45, 7) is 3.68. The fraction of sp³-hybridized carbons (Fsp3) is 0.393. The van der Waals surface area contributed by atoms with E-state index in [1.165, 1.54) is 16.7 Å². The Labute approximate surface area is 208 Å². The first kappa shape index (κ1) is 24.3. The summed E-state index contributed by atoms with van der Waals surface area (Å²) in [6.07, 6.45) is -0.0605. The first-order valence-electron chi connectivity index (χ1n) is 12.2. The van der Waals surface area contributed by atoms with Gasteiger partial charge < -0.3 is 14.4 Å². The number of fused-ring (bicyclic) bond motifs is 1. The van der Waals surface area contributed by atoms with E-state index in [9.17, 15) is 18.0 Å². The Morgan fingerprint density at radius 2 is 1.67 bits per heavy atom. The molecular weight excluding hydrogens is 469 g/mol. The van der Waals surface area contributed by atoms with Crippen molar-refractivity contribution < 1.29 is 22.6 Å². The molecule has 0 N–H and O–H groups in total. The predicted octanol–water partition coefficient (Wildman–Crippen LogP) is 5.88. The van der Waals surface area contributed by atoms with Crippen LogP contribution < -0.4 is 19.9 Å². The summed E-state index contributed by atoms with van der Waals surface area (Å²) < 4.78 is 54.5. The van der Waals surface area contributed by atoms with Crippen molar-refractivity contribution in [2.45, 2.75) is 38.8 Å². The molecule has 5 nitrogen and oxygen atoms in total. The molecule has 5 rings (SSSR count). The second kappa shape index (κ2) is 9.22. The summed E-state index contributed by atoms with van der Waals surface area (Å²) >= 11 is 0. The summed E-state index contributed by atoms with van der Waals surface area (Å²) in [7, 11) is 3.09. The van der Waals surface area contributed by atoms with E-state index < -0.39 is 17.3 Å². The fourth-order valence-electron chi connectivity index (χ4n) is 5.40. The van der Waals surface area contributed by atoms with Gasteiger partial charge in [-0.15, -0.1) is 0 Å². The van der Waals surface area contributed by atoms with E-state index in [1.807, 2.05) is 12.1 Å². The van der Waals surface area contributed by atoms with Gasteiger partial charge in [-0.25, -0.2) is 0 Å². The van der Waals surface area contributed by atoms with Crippen molar-refractivity contribution in [3.8, 4) is 28.3 Å². The van der Waals surface area contributed by atoms with E-state index >= 15 is 0 Å². The van der Waals surface area contributed by atoms with E-state index in [1.54, 1.807) is 26.5 Å². The van der Waals surface area contributed by atoms with Crippen LogP contribution in [0.1, 0.15) is 36.5 Å². The van der Waals surface area contributed by atoms with Crippen molar-refractivity contribution >= 4 is 5.69 Å². The normalized spacial score (nSPS) is 17.4. The van der Waals surface area contributed by atoms with Crippen molar-refractivity contribution in [2.24, 2.45) is 5.92 Å². The molecule has 8 heteroatoms. The number of rotatable bonds is 5. The molecule has 2 aliphatic rings. The van der Waals surface area contributed by atoms with Gasteiger partial charge in [0.05, 0.1) is 25.5 Å². The zero-order valence-corrected chi connectivity index (χ0v) is 20.6. The molecule has 1 saturated heterocycles. The number of alkyl halides is 3. The number of aromatic nitrogens is 1. The molecule has 3 aromatic rings. The van der Waals surface area contributed by atoms with Gasteiger partial charge in [-0.1, -0.05) is 6.92 Å². The molecule has 1 fully saturated rings. The minimum Gasteiger partial charge on any atom is -0.497 e. The van der Waals surface area contributed by atoms with Gasteiger partial charge in [0.15, 0.2) is 0 Å². The Morgan fingerprint density at radius 1 is 0.972 bits per heavy atom. The maximum Gasteiger partial charge on any atom is 0.418 e. The Morgan fingerprint density at radius 3 is 2.28 bits per heavy atom. The van der Waals surface area contributed by atoms with Gasteiger partial charge in [-0.05, 0) is 73.1 Å². The summed E-state index contributed by atoms with van der Waals surface area (Å²) in [6, 6.07) is 9.50. The van der Waals surface area contributed by atoms with Crippen LogP contribution in [-0.4, -0.2) is 31.9 Å². The van der Waals surface area contributed by atoms with E-state index in [0.717, 1.165) is 43.1 Å². The average Bonchev–Trinajstić information content (AvgIpc) is 3.53. The van der Waals surface area contributed by atoms with Crippen LogP contribution in [0.5, 0.6) is 11.5 Å². The van der Waals surface area contributed by atoms with Gasteiger partial charge in [-0.3, -0.25) is 9.36 Å². The van der Waals surface area contributed by atoms with Gasteiger partial charge in [0.2, 0.25) is 0 Å². The second-order valence-electron chi connectivity index (χ2n) is 9.67. The fourth-order valence-corrected chi connectivity index (χ4v) is 5.40. The van der Waals surface area contributed by atoms with Crippen LogP contribution in [0.15, 0.2) is 47.4 Å². The van der Waals surface area contributed by atoms with E-state index in [0.29, 0.717) is 47.1 Å². The van der Waals surface area contributed by atoms with E-state index in [-0.39, 0.29) is 5.69 Å². The molecule has 0 unspecified atom stereocenters. The Hall–Kier alpha value is -3.42. The number of benzene rings is 2. The number of hydrogen-bond acceptors (Lipinski definition) is 4. The molecule has 1 aliphatic heterocycles. The molecular formula is C28H29F3N2O3. The molecule has 1 atom stereocenters. The minimum absolute atomic E-state index is 0.143. The number of methoxy groups -OCH3 is 2. The number of hydrogen-bond donors (Lipinski definition) is 0. The average molecular weight is 499 g/mol. The SMILES string of the molecule is COc1cc(OC)cc(-c2cn(-c3cc(N4CC[C@H](C)C4)ccc3C(F)(F)F)c(=O)c3c2CCC3)c1. The van der Waals surface area contributed by atoms with E-state index in [4.69, 9.17) is 9.47 Å². The molecule has 1 aliphatic carbocycles. The summed E-state index contributed by atoms with van der Waals surface area (Å²) in [5.41, 5.74) is 2.23. The van der Waals surface area contributed by atoms with Crippen molar-refractivity contribution in [1.82, 2.24) is 4.57 Å². The quantitative estimate of drug-likeness (QED) is 0.441. The van der Waals surface area contributed by atoms with Gasteiger partial charge in [0, 0.05) is 42.2 Å². The third-order valence-electron chi connectivity index (χ3n) is 7.28. The van der Waals surface area contributed by atoms with Crippen LogP contribution in [-0.2, 0) is 19.0 Å². The van der Waals surface area contributed by atoms with Crippen molar-refractivity contribution in [2.75, 3.05) is 32.2 Å². The maximum absolute atomic E-state index is 14.2. The highest BCUT2D eigenvalue weighted by Gasteiger charge is 2.36. The van der Waals surface area contributed by atoms with Gasteiger partial charge >= 0.3 is 6.18 Å². The zero-order chi connectivity index (χ0) is 25.6. The third kappa shape index (κ3) is 4.33. The lowest BCUT2D eigenvalue weighted by atomic mass is 9.98. The van der Waals surface area contributed by atoms with Crippen LogP contribution in [0, 0.1) is 5.92 Å². The van der Waals surface area contributed by atoms with Gasteiger partial charge in [-0.2, -0.15) is 13.2 Å². The topological polar surface area (TPSA) is 43.7 Å². The molecule has 190 valence electrons. The Balaban J connectivity index is 1.75. The third-order valence-corrected chi connectivity index (χ3v) is 7.28. The highest BCUT2D eigenvalue weighted by atomic mass is 19.4. The van der Waals surface area contributed by atoms with Crippen molar-refractivity contribution in [3.63, 3.8) is 0 Å². The lowest BCUT2D eigenvalue weighted by Crippen LogP contribution is -2.26. The summed E-state index contributed by atoms with van der Waals surface area (Å²) in [4.78, 5) is 15.7. The van der Waals surface area contributed by atoms with E-state index in [2.05, 4.69) is 11.8 Å². The predicted molar refractivity (Wildman–Crippen MR) is 134 cm³/mol. The van der Waals surface area contributed by atoms with Gasteiger partial charge in [0.25, 0.3) is 5.56 Å². The van der Waals surface area contributed by atoms with Gasteiger partial charge in [0.1, 0.15) is 11.5 Å². The van der Waals surface area contributed by atoms with Crippen LogP contribution >= 0.6 is 0 Å². The number of ether oxygens (including phenoxy) is 2. The molecule has 0 bridgehead atoms. The lowest BCUT2D eigenvalue weighted by molar-refractivity contribution is -0.137. The van der Waals surface area contributed by atoms with Crippen molar-refractivity contribution in [1.29, 1.82) is 0 Å². The molecule has 36 heavy (non-hydrogen) atoms. The Bertz CT molecular complexity index is 1340. The van der Waals surface area contributed by atoms with Crippen LogP contribution in [0.4, 0.5) is 18.9 Å². The van der Waals surface area contributed by atoms with Crippen LogP contribution in [0.3, 0.4) is 0 Å². The maximum atomic E-state index is 14.2. The molecule has 2 aromatic carbocycles. The first-order chi connectivity index (χ1) is 17.2. The monoisotopic (exact) mass is 498 g/mol. The highest BCUT2D eigenvalue weighted by Crippen LogP contribution is 2.39.